The summed E-state index contributed by atoms with van der Waals surface area (Å²) < 4.78 is 0. The van der Waals surface area contributed by atoms with E-state index in [1.54, 1.807) is 10.0 Å². The topological polar surface area (TPSA) is 40.6 Å². The molecule has 180 valence electrons. The lowest BCUT2D eigenvalue weighted by atomic mass is 10.00. The molecule has 2 amide bonds. The van der Waals surface area contributed by atoms with Crippen LogP contribution in [0.15, 0.2) is 121 Å². The Morgan fingerprint density at radius 2 is 0.944 bits per heavy atom. The Hall–Kier alpha value is -3.75. The molecule has 1 aliphatic rings. The molecule has 4 aromatic carbocycles. The molecular weight excluding hydrogens is 463 g/mol. The van der Waals surface area contributed by atoms with Gasteiger partial charge in [0.05, 0.1) is 11.4 Å². The van der Waals surface area contributed by atoms with Gasteiger partial charge in [-0.15, -0.1) is 0 Å². The molecule has 0 aromatic heterocycles. The summed E-state index contributed by atoms with van der Waals surface area (Å²) in [6.45, 7) is 2.11. The van der Waals surface area contributed by atoms with Gasteiger partial charge in [-0.05, 0) is 49.2 Å². The first-order valence-electron chi connectivity index (χ1n) is 12.4. The van der Waals surface area contributed by atoms with E-state index in [1.807, 2.05) is 97.1 Å². The van der Waals surface area contributed by atoms with Crippen molar-refractivity contribution >= 4 is 41.7 Å². The molecule has 4 nitrogen and oxygen atoms in total. The number of benzene rings is 4. The Morgan fingerprint density at radius 1 is 0.583 bits per heavy atom. The van der Waals surface area contributed by atoms with E-state index in [9.17, 15) is 9.59 Å². The van der Waals surface area contributed by atoms with Gasteiger partial charge in [-0.2, -0.15) is 0 Å². The average molecular weight is 493 g/mol. The minimum atomic E-state index is -1.34. The zero-order chi connectivity index (χ0) is 25.0. The van der Waals surface area contributed by atoms with Crippen molar-refractivity contribution in [1.29, 1.82) is 0 Å². The summed E-state index contributed by atoms with van der Waals surface area (Å²) in [6, 6.07) is 39.2. The van der Waals surface area contributed by atoms with Crippen LogP contribution in [-0.4, -0.2) is 17.0 Å². The lowest BCUT2D eigenvalue weighted by Gasteiger charge is -2.34. The van der Waals surface area contributed by atoms with Crippen LogP contribution in [0, 0.1) is 0 Å². The second kappa shape index (κ2) is 10.5. The Bertz CT molecular complexity index is 1220. The van der Waals surface area contributed by atoms with Gasteiger partial charge in [-0.3, -0.25) is 9.59 Å². The number of nitrogens with zero attached hydrogens (tertiary/aromatic N) is 2. The first kappa shape index (κ1) is 24.0. The second-order valence-electron chi connectivity index (χ2n) is 8.88. The molecule has 0 atom stereocenters. The summed E-state index contributed by atoms with van der Waals surface area (Å²) in [6.07, 6.45) is 2.16. The lowest BCUT2D eigenvalue weighted by molar-refractivity contribution is -0.125. The lowest BCUT2D eigenvalue weighted by Crippen LogP contribution is -2.47. The van der Waals surface area contributed by atoms with E-state index in [-0.39, 0.29) is 11.8 Å². The fourth-order valence-corrected chi connectivity index (χ4v) is 7.99. The summed E-state index contributed by atoms with van der Waals surface area (Å²) in [4.78, 5) is 29.6. The molecule has 0 saturated carbocycles. The molecule has 1 saturated heterocycles. The number of hydrazine groups is 1. The van der Waals surface area contributed by atoms with Crippen LogP contribution in [-0.2, 0) is 9.59 Å². The quantitative estimate of drug-likeness (QED) is 0.222. The first-order chi connectivity index (χ1) is 17.7. The van der Waals surface area contributed by atoms with Crippen LogP contribution in [0.2, 0.25) is 0 Å². The van der Waals surface area contributed by atoms with Gasteiger partial charge in [0.25, 0.3) is 11.8 Å². The molecule has 0 unspecified atom stereocenters. The Kier molecular flexibility index (Phi) is 6.97. The second-order valence-corrected chi connectivity index (χ2v) is 11.3. The number of rotatable bonds is 8. The molecule has 4 aromatic rings. The van der Waals surface area contributed by atoms with Gasteiger partial charge in [0.2, 0.25) is 0 Å². The molecule has 0 bridgehead atoms. The molecule has 0 radical (unpaired) electrons. The predicted octanol–water partition coefficient (Wildman–Crippen LogP) is 6.04. The van der Waals surface area contributed by atoms with Crippen LogP contribution in [0.5, 0.6) is 0 Å². The highest BCUT2D eigenvalue weighted by Crippen LogP contribution is 2.56. The monoisotopic (exact) mass is 492 g/mol. The SMILES string of the molecule is CCCCC1(P(c2ccccc2)c2ccccc2)C(=O)N(c2ccccc2)N(c2ccccc2)C1=O. The Balaban J connectivity index is 1.78. The molecule has 36 heavy (non-hydrogen) atoms. The first-order valence-corrected chi connectivity index (χ1v) is 13.7. The number of hydrogen-bond donors (Lipinski definition) is 0. The summed E-state index contributed by atoms with van der Waals surface area (Å²) in [7, 11) is -1.34. The van der Waals surface area contributed by atoms with Crippen LogP contribution < -0.4 is 20.6 Å². The molecule has 0 aliphatic carbocycles. The molecule has 0 spiro atoms. The standard InChI is InChI=1S/C31H29N2O2P/c1-2-3-24-31(36(27-20-12-6-13-21-27)28-22-14-7-15-23-28)29(34)32(25-16-8-4-9-17-25)33(30(31)35)26-18-10-5-11-19-26/h4-23H,2-3,24H2,1H3. The molecular formula is C31H29N2O2P. The van der Waals surface area contributed by atoms with Gasteiger partial charge >= 0.3 is 0 Å². The highest BCUT2D eigenvalue weighted by molar-refractivity contribution is 7.76. The zero-order valence-electron chi connectivity index (χ0n) is 20.3. The van der Waals surface area contributed by atoms with E-state index in [0.717, 1.165) is 23.5 Å². The maximum Gasteiger partial charge on any atom is 0.267 e. The van der Waals surface area contributed by atoms with Crippen LogP contribution in [0.3, 0.4) is 0 Å². The molecule has 5 heteroatoms. The smallest absolute Gasteiger partial charge is 0.267 e. The van der Waals surface area contributed by atoms with E-state index in [1.165, 1.54) is 0 Å². The summed E-state index contributed by atoms with van der Waals surface area (Å²) in [5.74, 6) is -0.315. The highest BCUT2D eigenvalue weighted by atomic mass is 31.1. The maximum atomic E-state index is 14.8. The number of unbranched alkanes of at least 4 members (excludes halogenated alkanes) is 1. The number of anilines is 2. The zero-order valence-corrected chi connectivity index (χ0v) is 21.2. The van der Waals surface area contributed by atoms with Crippen molar-refractivity contribution in [2.45, 2.75) is 31.3 Å². The molecule has 0 N–H and O–H groups in total. The van der Waals surface area contributed by atoms with Gasteiger partial charge in [-0.1, -0.05) is 117 Å². The number of carbonyl (C=O) groups is 2. The minimum Gasteiger partial charge on any atom is -0.271 e. The molecule has 1 heterocycles. The van der Waals surface area contributed by atoms with Crippen LogP contribution in [0.25, 0.3) is 0 Å². The summed E-state index contributed by atoms with van der Waals surface area (Å²) in [5.41, 5.74) is 1.38. The number of amides is 2. The van der Waals surface area contributed by atoms with E-state index >= 15 is 0 Å². The van der Waals surface area contributed by atoms with Crippen LogP contribution >= 0.6 is 7.92 Å². The normalized spacial score (nSPS) is 15.1. The van der Waals surface area contributed by atoms with Crippen molar-refractivity contribution in [2.24, 2.45) is 0 Å². The van der Waals surface area contributed by atoms with Crippen molar-refractivity contribution in [3.63, 3.8) is 0 Å². The number of para-hydroxylation sites is 2. The van der Waals surface area contributed by atoms with Crippen LogP contribution in [0.4, 0.5) is 11.4 Å². The summed E-state index contributed by atoms with van der Waals surface area (Å²) >= 11 is 0. The third-order valence-corrected chi connectivity index (χ3v) is 9.60. The fourth-order valence-electron chi connectivity index (χ4n) is 4.92. The molecule has 1 aliphatic heterocycles. The largest absolute Gasteiger partial charge is 0.271 e. The van der Waals surface area contributed by atoms with Gasteiger partial charge < -0.3 is 0 Å². The van der Waals surface area contributed by atoms with Crippen molar-refractivity contribution in [3.8, 4) is 0 Å². The van der Waals surface area contributed by atoms with Crippen molar-refractivity contribution < 1.29 is 9.59 Å². The van der Waals surface area contributed by atoms with E-state index in [0.29, 0.717) is 17.8 Å². The maximum absolute atomic E-state index is 14.8. The van der Waals surface area contributed by atoms with Gasteiger partial charge in [-0.25, -0.2) is 10.0 Å². The summed E-state index contributed by atoms with van der Waals surface area (Å²) in [5, 5.41) is 4.04. The van der Waals surface area contributed by atoms with Gasteiger partial charge in [0, 0.05) is 0 Å². The minimum absolute atomic E-state index is 0.158. The van der Waals surface area contributed by atoms with E-state index in [4.69, 9.17) is 0 Å². The molecule has 5 rings (SSSR count). The van der Waals surface area contributed by atoms with Gasteiger partial charge in [0.1, 0.15) is 0 Å². The average Bonchev–Trinajstić information content (AvgIpc) is 3.16. The van der Waals surface area contributed by atoms with Crippen LogP contribution in [0.1, 0.15) is 26.2 Å². The fraction of sp³-hybridized carbons (Fsp3) is 0.161. The number of carbonyl (C=O) groups excluding carboxylic acids is 2. The Labute approximate surface area is 213 Å². The molecule has 1 fully saturated rings. The number of hydrogen-bond acceptors (Lipinski definition) is 2. The third-order valence-electron chi connectivity index (χ3n) is 6.60. The highest BCUT2D eigenvalue weighted by Gasteiger charge is 2.63. The van der Waals surface area contributed by atoms with E-state index < -0.39 is 13.1 Å². The van der Waals surface area contributed by atoms with E-state index in [2.05, 4.69) is 31.2 Å². The third kappa shape index (κ3) is 4.12. The predicted molar refractivity (Wildman–Crippen MR) is 149 cm³/mol. The van der Waals surface area contributed by atoms with Crippen molar-refractivity contribution in [2.75, 3.05) is 10.0 Å². The Morgan fingerprint density at radius 3 is 1.31 bits per heavy atom. The van der Waals surface area contributed by atoms with Crippen molar-refractivity contribution in [1.82, 2.24) is 0 Å². The van der Waals surface area contributed by atoms with Crippen molar-refractivity contribution in [3.05, 3.63) is 121 Å². The van der Waals surface area contributed by atoms with Gasteiger partial charge in [0.15, 0.2) is 5.16 Å².